The van der Waals surface area contributed by atoms with E-state index in [0.717, 1.165) is 26.3 Å². The van der Waals surface area contributed by atoms with Crippen molar-refractivity contribution in [3.05, 3.63) is 54.0 Å². The second-order valence-corrected chi connectivity index (χ2v) is 9.48. The van der Waals surface area contributed by atoms with Crippen LogP contribution >= 0.6 is 0 Å². The van der Waals surface area contributed by atoms with Crippen molar-refractivity contribution in [2.24, 2.45) is 0 Å². The van der Waals surface area contributed by atoms with Crippen LogP contribution in [0, 0.1) is 0 Å². The van der Waals surface area contributed by atoms with Gasteiger partial charge in [0.15, 0.2) is 0 Å². The third kappa shape index (κ3) is 5.66. The van der Waals surface area contributed by atoms with E-state index >= 15 is 0 Å². The first kappa shape index (κ1) is 21.5. The zero-order valence-electron chi connectivity index (χ0n) is 16.7. The van der Waals surface area contributed by atoms with Crippen LogP contribution in [0.25, 0.3) is 0 Å². The van der Waals surface area contributed by atoms with Gasteiger partial charge in [-0.3, -0.25) is 4.79 Å². The van der Waals surface area contributed by atoms with E-state index < -0.39 is 10.0 Å². The summed E-state index contributed by atoms with van der Waals surface area (Å²) in [6.45, 7) is 8.12. The molecule has 0 aliphatic carbocycles. The number of sulfonamides is 1. The molecule has 1 fully saturated rings. The topological polar surface area (TPSA) is 102 Å². The Bertz CT molecular complexity index is 902. The predicted octanol–water partition coefficient (Wildman–Crippen LogP) is 0.182. The Labute approximate surface area is 171 Å². The molecule has 0 unspecified atom stereocenters. The summed E-state index contributed by atoms with van der Waals surface area (Å²) >= 11 is 0. The lowest BCUT2D eigenvalue weighted by atomic mass is 10.0. The molecule has 1 amide bonds. The molecule has 0 saturated carbocycles. The number of carbonyl (C=O) groups excluding carboxylic acids is 1. The van der Waals surface area contributed by atoms with Crippen molar-refractivity contribution in [3.8, 4) is 0 Å². The minimum Gasteiger partial charge on any atom is -0.468 e. The molecule has 0 atom stereocenters. The van der Waals surface area contributed by atoms with Gasteiger partial charge in [0, 0.05) is 5.56 Å². The van der Waals surface area contributed by atoms with Crippen molar-refractivity contribution in [3.63, 3.8) is 0 Å². The highest BCUT2D eigenvalue weighted by Crippen LogP contribution is 2.12. The summed E-state index contributed by atoms with van der Waals surface area (Å²) in [6.07, 6.45) is 1.48. The van der Waals surface area contributed by atoms with Crippen LogP contribution in [0.5, 0.6) is 0 Å². The molecule has 9 heteroatoms. The maximum absolute atomic E-state index is 12.5. The number of morpholine rings is 1. The first-order valence-corrected chi connectivity index (χ1v) is 11.1. The zero-order valence-corrected chi connectivity index (χ0v) is 17.6. The van der Waals surface area contributed by atoms with Gasteiger partial charge in [0.25, 0.3) is 5.91 Å². The summed E-state index contributed by atoms with van der Waals surface area (Å²) in [7, 11) is -3.69. The molecule has 0 spiro atoms. The fourth-order valence-corrected chi connectivity index (χ4v) is 4.26. The van der Waals surface area contributed by atoms with Crippen molar-refractivity contribution in [2.45, 2.75) is 30.8 Å². The number of furan rings is 1. The van der Waals surface area contributed by atoms with Crippen molar-refractivity contribution in [1.82, 2.24) is 10.0 Å². The molecule has 0 bridgehead atoms. The second kappa shape index (κ2) is 9.08. The third-order valence-corrected chi connectivity index (χ3v) is 6.60. The van der Waals surface area contributed by atoms with Crippen LogP contribution in [-0.4, -0.2) is 52.7 Å². The van der Waals surface area contributed by atoms with Gasteiger partial charge >= 0.3 is 0 Å². The number of rotatable bonds is 8. The number of quaternary nitrogens is 1. The summed E-state index contributed by atoms with van der Waals surface area (Å²) < 4.78 is 37.7. The zero-order chi connectivity index (χ0) is 20.9. The van der Waals surface area contributed by atoms with E-state index in [1.54, 1.807) is 12.1 Å². The number of carbonyl (C=O) groups is 1. The highest BCUT2D eigenvalue weighted by atomic mass is 32.2. The van der Waals surface area contributed by atoms with Gasteiger partial charge in [-0.1, -0.05) is 0 Å². The Kier molecular flexibility index (Phi) is 6.74. The monoisotopic (exact) mass is 422 g/mol. The molecule has 1 aliphatic heterocycles. The normalized spacial score (nSPS) is 15.9. The minimum absolute atomic E-state index is 0.0660. The standard InChI is InChI=1S/C20H27N3O5S/c1-20(2,23-9-12-27-13-10-23)15-21-19(24)16-5-7-18(8-6-16)29(25,26)22-14-17-4-3-11-28-17/h3-8,11,22H,9-10,12-15H2,1-2H3,(H,21,24)/p+1. The summed E-state index contributed by atoms with van der Waals surface area (Å²) in [4.78, 5) is 14.0. The second-order valence-electron chi connectivity index (χ2n) is 7.71. The van der Waals surface area contributed by atoms with E-state index in [0.29, 0.717) is 17.9 Å². The molecule has 0 radical (unpaired) electrons. The van der Waals surface area contributed by atoms with E-state index in [1.807, 2.05) is 0 Å². The lowest BCUT2D eigenvalue weighted by Crippen LogP contribution is -3.22. The average molecular weight is 423 g/mol. The van der Waals surface area contributed by atoms with E-state index in [4.69, 9.17) is 9.15 Å². The van der Waals surface area contributed by atoms with Crippen LogP contribution in [-0.2, 0) is 21.3 Å². The maximum atomic E-state index is 12.5. The molecule has 158 valence electrons. The Balaban J connectivity index is 1.56. The lowest BCUT2D eigenvalue weighted by molar-refractivity contribution is -0.954. The largest absolute Gasteiger partial charge is 0.468 e. The maximum Gasteiger partial charge on any atom is 0.251 e. The molecule has 8 nitrogen and oxygen atoms in total. The molecular formula is C20H28N3O5S+. The van der Waals surface area contributed by atoms with Crippen molar-refractivity contribution < 1.29 is 27.3 Å². The quantitative estimate of drug-likeness (QED) is 0.563. The van der Waals surface area contributed by atoms with Crippen LogP contribution in [0.3, 0.4) is 0 Å². The van der Waals surface area contributed by atoms with E-state index in [1.165, 1.54) is 35.4 Å². The summed E-state index contributed by atoms with van der Waals surface area (Å²) in [5.41, 5.74) is 0.307. The predicted molar refractivity (Wildman–Crippen MR) is 107 cm³/mol. The number of hydrogen-bond donors (Lipinski definition) is 3. The molecule has 1 aromatic carbocycles. The molecule has 1 aromatic heterocycles. The number of nitrogens with one attached hydrogen (secondary N) is 3. The van der Waals surface area contributed by atoms with Crippen LogP contribution in [0.15, 0.2) is 52.0 Å². The van der Waals surface area contributed by atoms with Crippen LogP contribution in [0.4, 0.5) is 0 Å². The van der Waals surface area contributed by atoms with Crippen molar-refractivity contribution in [1.29, 1.82) is 0 Å². The Morgan fingerprint density at radius 1 is 1.14 bits per heavy atom. The molecule has 1 saturated heterocycles. The fourth-order valence-electron chi connectivity index (χ4n) is 3.27. The summed E-state index contributed by atoms with van der Waals surface area (Å²) in [5.74, 6) is 0.299. The molecule has 3 N–H and O–H groups in total. The molecule has 1 aliphatic rings. The van der Waals surface area contributed by atoms with Crippen LogP contribution < -0.4 is 14.9 Å². The van der Waals surface area contributed by atoms with Gasteiger partial charge in [0.05, 0.1) is 37.5 Å². The number of amides is 1. The smallest absolute Gasteiger partial charge is 0.251 e. The first-order chi connectivity index (χ1) is 13.8. The van der Waals surface area contributed by atoms with Gasteiger partial charge in [-0.25, -0.2) is 13.1 Å². The molecule has 3 rings (SSSR count). The number of ether oxygens (including phenoxy) is 1. The van der Waals surface area contributed by atoms with Gasteiger partial charge in [-0.15, -0.1) is 0 Å². The Hall–Kier alpha value is -2.20. The molecule has 2 heterocycles. The van der Waals surface area contributed by atoms with E-state index in [-0.39, 0.29) is 22.9 Å². The molecular weight excluding hydrogens is 394 g/mol. The SMILES string of the molecule is CC(C)(CNC(=O)c1ccc(S(=O)(=O)NCc2ccco2)cc1)[NH+]1CCOCC1. The fraction of sp³-hybridized carbons (Fsp3) is 0.450. The van der Waals surface area contributed by atoms with E-state index in [2.05, 4.69) is 23.9 Å². The van der Waals surface area contributed by atoms with Gasteiger partial charge in [-0.2, -0.15) is 0 Å². The Morgan fingerprint density at radius 2 is 1.83 bits per heavy atom. The highest BCUT2D eigenvalue weighted by molar-refractivity contribution is 7.89. The molecule has 29 heavy (non-hydrogen) atoms. The van der Waals surface area contributed by atoms with Crippen LogP contribution in [0.2, 0.25) is 0 Å². The lowest BCUT2D eigenvalue weighted by Gasteiger charge is -2.37. The minimum atomic E-state index is -3.69. The third-order valence-electron chi connectivity index (χ3n) is 5.19. The first-order valence-electron chi connectivity index (χ1n) is 9.61. The van der Waals surface area contributed by atoms with Gasteiger partial charge in [-0.05, 0) is 50.2 Å². The average Bonchev–Trinajstić information content (AvgIpc) is 3.25. The summed E-state index contributed by atoms with van der Waals surface area (Å²) in [6, 6.07) is 9.28. The number of benzene rings is 1. The van der Waals surface area contributed by atoms with Gasteiger partial charge < -0.3 is 19.4 Å². The Morgan fingerprint density at radius 3 is 2.45 bits per heavy atom. The highest BCUT2D eigenvalue weighted by Gasteiger charge is 2.32. The number of hydrogen-bond acceptors (Lipinski definition) is 5. The van der Waals surface area contributed by atoms with E-state index in [9.17, 15) is 13.2 Å². The molecule has 2 aromatic rings. The van der Waals surface area contributed by atoms with Gasteiger partial charge in [0.1, 0.15) is 24.4 Å². The van der Waals surface area contributed by atoms with Crippen molar-refractivity contribution in [2.75, 3.05) is 32.8 Å². The van der Waals surface area contributed by atoms with Crippen molar-refractivity contribution >= 4 is 15.9 Å². The van der Waals surface area contributed by atoms with Crippen LogP contribution in [0.1, 0.15) is 30.0 Å². The van der Waals surface area contributed by atoms with Gasteiger partial charge in [0.2, 0.25) is 10.0 Å². The summed E-state index contributed by atoms with van der Waals surface area (Å²) in [5, 5.41) is 2.96.